The van der Waals surface area contributed by atoms with E-state index in [1.165, 1.54) is 49.8 Å². The van der Waals surface area contributed by atoms with Gasteiger partial charge in [0.25, 0.3) is 0 Å². The summed E-state index contributed by atoms with van der Waals surface area (Å²) in [6, 6.07) is 32.9. The molecule has 7 aromatic carbocycles. The van der Waals surface area contributed by atoms with Crippen LogP contribution in [-0.4, -0.2) is 13.9 Å². The van der Waals surface area contributed by atoms with E-state index in [0.717, 1.165) is 21.9 Å². The van der Waals surface area contributed by atoms with Crippen LogP contribution in [0, 0.1) is 0 Å². The van der Waals surface area contributed by atoms with Gasteiger partial charge in [0.2, 0.25) is 0 Å². The van der Waals surface area contributed by atoms with Crippen molar-refractivity contribution in [2.45, 2.75) is 19.4 Å². The Labute approximate surface area is 228 Å². The molecule has 0 aliphatic rings. The maximum Gasteiger partial charge on any atom is 0.534 e. The molecule has 0 atom stereocenters. The molecule has 7 rings (SSSR count). The van der Waals surface area contributed by atoms with E-state index >= 15 is 0 Å². The summed E-state index contributed by atoms with van der Waals surface area (Å²) in [7, 11) is -5.74. The van der Waals surface area contributed by atoms with Crippen LogP contribution in [0.3, 0.4) is 0 Å². The van der Waals surface area contributed by atoms with Gasteiger partial charge in [-0.05, 0) is 83.2 Å². The molecule has 0 heterocycles. The SMILES string of the molecule is CC.O=S(=O)(Oc1ccc2cc(-c3ccc4c5ccccc5c5cccc6ccc3c4c65)ccc2c1)C(F)(F)F. The number of alkyl halides is 3. The van der Waals surface area contributed by atoms with Gasteiger partial charge in [0, 0.05) is 0 Å². The molecule has 0 saturated carbocycles. The van der Waals surface area contributed by atoms with Gasteiger partial charge in [-0.15, -0.1) is 0 Å². The molecule has 0 spiro atoms. The molecule has 0 bridgehead atoms. The Kier molecular flexibility index (Phi) is 6.07. The third-order valence-corrected chi connectivity index (χ3v) is 8.12. The summed E-state index contributed by atoms with van der Waals surface area (Å²) in [6.45, 7) is 4.00. The highest BCUT2D eigenvalue weighted by atomic mass is 32.2. The largest absolute Gasteiger partial charge is 0.534 e. The molecule has 0 unspecified atom stereocenters. The first-order chi connectivity index (χ1) is 19.2. The van der Waals surface area contributed by atoms with Crippen LogP contribution in [0.1, 0.15) is 13.8 Å². The van der Waals surface area contributed by atoms with E-state index in [9.17, 15) is 21.6 Å². The highest BCUT2D eigenvalue weighted by molar-refractivity contribution is 7.88. The van der Waals surface area contributed by atoms with Gasteiger partial charge < -0.3 is 4.18 Å². The van der Waals surface area contributed by atoms with Crippen molar-refractivity contribution in [2.75, 3.05) is 0 Å². The zero-order valence-corrected chi connectivity index (χ0v) is 22.4. The first-order valence-corrected chi connectivity index (χ1v) is 14.3. The first-order valence-electron chi connectivity index (χ1n) is 12.8. The molecule has 3 nitrogen and oxygen atoms in total. The lowest BCUT2D eigenvalue weighted by Crippen LogP contribution is -2.28. The van der Waals surface area contributed by atoms with Crippen LogP contribution in [0.4, 0.5) is 13.2 Å². The van der Waals surface area contributed by atoms with E-state index < -0.39 is 21.4 Å². The van der Waals surface area contributed by atoms with Crippen molar-refractivity contribution in [2.24, 2.45) is 0 Å². The first kappa shape index (κ1) is 25.9. The number of fused-ring (bicyclic) bond motifs is 4. The molecule has 0 N–H and O–H groups in total. The molecule has 0 saturated heterocycles. The lowest BCUT2D eigenvalue weighted by atomic mass is 9.86. The Morgan fingerprint density at radius 1 is 0.575 bits per heavy atom. The van der Waals surface area contributed by atoms with Crippen molar-refractivity contribution < 1.29 is 25.8 Å². The third kappa shape index (κ3) is 4.00. The van der Waals surface area contributed by atoms with E-state index in [0.29, 0.717) is 5.39 Å². The summed E-state index contributed by atoms with van der Waals surface area (Å²) in [5.74, 6) is -0.391. The van der Waals surface area contributed by atoms with Crippen LogP contribution < -0.4 is 4.18 Å². The second-order valence-electron chi connectivity index (χ2n) is 9.31. The topological polar surface area (TPSA) is 43.4 Å². The van der Waals surface area contributed by atoms with Gasteiger partial charge >= 0.3 is 15.6 Å². The number of hydrogen-bond acceptors (Lipinski definition) is 3. The summed E-state index contributed by atoms with van der Waals surface area (Å²) in [5.41, 5.74) is -3.52. The number of halogens is 3. The molecule has 40 heavy (non-hydrogen) atoms. The van der Waals surface area contributed by atoms with Crippen molar-refractivity contribution in [3.05, 3.63) is 103 Å². The second kappa shape index (κ2) is 9.38. The Morgan fingerprint density at radius 2 is 1.18 bits per heavy atom. The predicted octanol–water partition coefficient (Wildman–Crippen LogP) is 9.81. The van der Waals surface area contributed by atoms with E-state index in [4.69, 9.17) is 0 Å². The molecular formula is C33H23F3O3S. The lowest BCUT2D eigenvalue weighted by molar-refractivity contribution is -0.0500. The minimum atomic E-state index is -5.74. The van der Waals surface area contributed by atoms with Gasteiger partial charge in [-0.3, -0.25) is 0 Å². The molecule has 0 radical (unpaired) electrons. The Hall–Kier alpha value is -4.36. The molecule has 7 aromatic rings. The van der Waals surface area contributed by atoms with Crippen LogP contribution in [0.25, 0.3) is 65.0 Å². The average Bonchev–Trinajstić information content (AvgIpc) is 2.96. The van der Waals surface area contributed by atoms with Gasteiger partial charge in [-0.1, -0.05) is 98.8 Å². The summed E-state index contributed by atoms with van der Waals surface area (Å²) in [5, 5.41) is 10.8. The highest BCUT2D eigenvalue weighted by Crippen LogP contribution is 2.44. The highest BCUT2D eigenvalue weighted by Gasteiger charge is 2.48. The Morgan fingerprint density at radius 3 is 1.90 bits per heavy atom. The van der Waals surface area contributed by atoms with E-state index in [1.54, 1.807) is 12.1 Å². The van der Waals surface area contributed by atoms with Crippen LogP contribution in [-0.2, 0) is 10.1 Å². The molecule has 0 aromatic heterocycles. The zero-order chi connectivity index (χ0) is 28.2. The normalized spacial score (nSPS) is 12.3. The number of benzene rings is 7. The van der Waals surface area contributed by atoms with Gasteiger partial charge in [-0.25, -0.2) is 0 Å². The standard InChI is InChI=1S/C31H17F3O3S.C2H6/c32-31(33,34)38(35,36)37-22-12-10-19-16-21(9-8-20(19)17-22)23-14-15-28-25-6-2-1-5-24(25)26-7-3-4-18-11-13-27(23)30(28)29(18)26;1-2/h1-17H;1-2H3. The minimum absolute atomic E-state index is 0.391. The summed E-state index contributed by atoms with van der Waals surface area (Å²) in [6.07, 6.45) is 0. The van der Waals surface area contributed by atoms with Crippen molar-refractivity contribution in [1.82, 2.24) is 0 Å². The second-order valence-corrected chi connectivity index (χ2v) is 10.8. The minimum Gasteiger partial charge on any atom is -0.376 e. The number of hydrogen-bond donors (Lipinski definition) is 0. The molecule has 0 fully saturated rings. The fourth-order valence-corrected chi connectivity index (χ4v) is 5.95. The van der Waals surface area contributed by atoms with Gasteiger partial charge in [0.05, 0.1) is 0 Å². The van der Waals surface area contributed by atoms with Crippen LogP contribution in [0.15, 0.2) is 103 Å². The molecule has 0 aliphatic carbocycles. The fraction of sp³-hybridized carbons (Fsp3) is 0.0909. The van der Waals surface area contributed by atoms with Crippen LogP contribution in [0.5, 0.6) is 5.75 Å². The van der Waals surface area contributed by atoms with Crippen LogP contribution in [0.2, 0.25) is 0 Å². The maximum absolute atomic E-state index is 12.7. The number of rotatable bonds is 3. The van der Waals surface area contributed by atoms with Gasteiger partial charge in [-0.2, -0.15) is 21.6 Å². The van der Waals surface area contributed by atoms with Crippen molar-refractivity contribution >= 4 is 64.0 Å². The molecule has 0 amide bonds. The Bertz CT molecular complexity index is 2170. The molecule has 0 aliphatic heterocycles. The van der Waals surface area contributed by atoms with E-state index in [1.807, 2.05) is 32.0 Å². The smallest absolute Gasteiger partial charge is 0.376 e. The summed E-state index contributed by atoms with van der Waals surface area (Å²) >= 11 is 0. The van der Waals surface area contributed by atoms with Gasteiger partial charge in [0.15, 0.2) is 0 Å². The van der Waals surface area contributed by atoms with Crippen molar-refractivity contribution in [1.29, 1.82) is 0 Å². The van der Waals surface area contributed by atoms with E-state index in [2.05, 4.69) is 64.8 Å². The summed E-state index contributed by atoms with van der Waals surface area (Å²) < 4.78 is 65.3. The molecule has 200 valence electrons. The lowest BCUT2D eigenvalue weighted by Gasteiger charge is -2.17. The zero-order valence-electron chi connectivity index (χ0n) is 21.6. The molecular weight excluding hydrogens is 533 g/mol. The maximum atomic E-state index is 12.7. The van der Waals surface area contributed by atoms with Crippen molar-refractivity contribution in [3.63, 3.8) is 0 Å². The van der Waals surface area contributed by atoms with Gasteiger partial charge in [0.1, 0.15) is 5.75 Å². The molecule has 7 heteroatoms. The van der Waals surface area contributed by atoms with Crippen molar-refractivity contribution in [3.8, 4) is 16.9 Å². The Balaban J connectivity index is 0.00000142. The predicted molar refractivity (Wildman–Crippen MR) is 158 cm³/mol. The quantitative estimate of drug-likeness (QED) is 0.0942. The average molecular weight is 557 g/mol. The summed E-state index contributed by atoms with van der Waals surface area (Å²) in [4.78, 5) is 0. The van der Waals surface area contributed by atoms with E-state index in [-0.39, 0.29) is 0 Å². The third-order valence-electron chi connectivity index (χ3n) is 7.14. The fourth-order valence-electron chi connectivity index (χ4n) is 5.49. The monoisotopic (exact) mass is 556 g/mol. The van der Waals surface area contributed by atoms with Crippen LogP contribution >= 0.6 is 0 Å².